The van der Waals surface area contributed by atoms with E-state index < -0.39 is 0 Å². The molecule has 0 aromatic carbocycles. The summed E-state index contributed by atoms with van der Waals surface area (Å²) in [4.78, 5) is 16.1. The van der Waals surface area contributed by atoms with Crippen molar-refractivity contribution < 1.29 is 4.79 Å². The zero-order valence-corrected chi connectivity index (χ0v) is 10.4. The highest BCUT2D eigenvalue weighted by Gasteiger charge is 2.15. The minimum absolute atomic E-state index is 0.0439. The van der Waals surface area contributed by atoms with Crippen LogP contribution in [0.15, 0.2) is 18.3 Å². The molecule has 1 aromatic rings. The second-order valence-electron chi connectivity index (χ2n) is 4.85. The van der Waals surface area contributed by atoms with E-state index in [4.69, 9.17) is 0 Å². The van der Waals surface area contributed by atoms with Gasteiger partial charge in [-0.3, -0.25) is 9.78 Å². The molecule has 1 aliphatic rings. The fourth-order valence-corrected chi connectivity index (χ4v) is 2.38. The van der Waals surface area contributed by atoms with E-state index in [0.29, 0.717) is 6.04 Å². The Balaban J connectivity index is 1.96. The monoisotopic (exact) mass is 232 g/mol. The number of rotatable bonds is 2. The second-order valence-corrected chi connectivity index (χ2v) is 4.85. The average Bonchev–Trinajstić information content (AvgIpc) is 2.57. The third-order valence-corrected chi connectivity index (χ3v) is 3.35. The minimum atomic E-state index is 0.0439. The number of nitrogens with one attached hydrogen (secondary N) is 1. The summed E-state index contributed by atoms with van der Waals surface area (Å²) in [5.41, 5.74) is 1.61. The zero-order chi connectivity index (χ0) is 12.1. The summed E-state index contributed by atoms with van der Waals surface area (Å²) in [6.45, 7) is 1.91. The summed E-state index contributed by atoms with van der Waals surface area (Å²) >= 11 is 0. The number of hydrogen-bond acceptors (Lipinski definition) is 2. The molecule has 0 atom stereocenters. The van der Waals surface area contributed by atoms with Crippen LogP contribution in [-0.4, -0.2) is 16.9 Å². The van der Waals surface area contributed by atoms with E-state index >= 15 is 0 Å². The van der Waals surface area contributed by atoms with Crippen LogP contribution in [0, 0.1) is 6.92 Å². The van der Waals surface area contributed by atoms with Crippen LogP contribution in [-0.2, 0) is 0 Å². The Morgan fingerprint density at radius 3 is 2.65 bits per heavy atom. The van der Waals surface area contributed by atoms with Gasteiger partial charge in [-0.25, -0.2) is 0 Å². The third kappa shape index (κ3) is 3.55. The maximum absolute atomic E-state index is 12.0. The van der Waals surface area contributed by atoms with Gasteiger partial charge in [0, 0.05) is 23.5 Å². The van der Waals surface area contributed by atoms with Gasteiger partial charge in [0.1, 0.15) is 0 Å². The molecule has 0 unspecified atom stereocenters. The van der Waals surface area contributed by atoms with Gasteiger partial charge in [-0.15, -0.1) is 0 Å². The fourth-order valence-electron chi connectivity index (χ4n) is 2.38. The van der Waals surface area contributed by atoms with Gasteiger partial charge in [0.15, 0.2) is 0 Å². The van der Waals surface area contributed by atoms with Crippen molar-refractivity contribution in [2.75, 3.05) is 0 Å². The standard InChI is InChI=1S/C14H20N2O/c1-11-10-12(8-9-15-11)14(17)16-13-6-4-2-3-5-7-13/h8-10,13H,2-7H2,1H3,(H,16,17). The maximum Gasteiger partial charge on any atom is 0.251 e. The van der Waals surface area contributed by atoms with Crippen LogP contribution in [0.5, 0.6) is 0 Å². The Morgan fingerprint density at radius 1 is 1.29 bits per heavy atom. The number of hydrogen-bond donors (Lipinski definition) is 1. The molecule has 1 heterocycles. The first-order valence-electron chi connectivity index (χ1n) is 6.49. The molecule has 0 bridgehead atoms. The summed E-state index contributed by atoms with van der Waals surface area (Å²) in [5, 5.41) is 3.14. The van der Waals surface area contributed by atoms with E-state index in [1.165, 1.54) is 25.7 Å². The van der Waals surface area contributed by atoms with Crippen LogP contribution >= 0.6 is 0 Å². The maximum atomic E-state index is 12.0. The lowest BCUT2D eigenvalue weighted by Crippen LogP contribution is -2.34. The lowest BCUT2D eigenvalue weighted by molar-refractivity contribution is 0.0933. The lowest BCUT2D eigenvalue weighted by Gasteiger charge is -2.16. The molecular weight excluding hydrogens is 212 g/mol. The van der Waals surface area contributed by atoms with E-state index in [-0.39, 0.29) is 5.91 Å². The van der Waals surface area contributed by atoms with Crippen molar-refractivity contribution in [3.63, 3.8) is 0 Å². The van der Waals surface area contributed by atoms with Crippen molar-refractivity contribution in [3.8, 4) is 0 Å². The molecule has 92 valence electrons. The van der Waals surface area contributed by atoms with Crippen molar-refractivity contribution >= 4 is 5.91 Å². The number of pyridine rings is 1. The van der Waals surface area contributed by atoms with Crippen molar-refractivity contribution in [2.24, 2.45) is 0 Å². The molecule has 1 aromatic heterocycles. The molecule has 0 saturated heterocycles. The summed E-state index contributed by atoms with van der Waals surface area (Å²) in [6, 6.07) is 3.98. The van der Waals surface area contributed by atoms with Crippen molar-refractivity contribution in [1.82, 2.24) is 10.3 Å². The highest BCUT2D eigenvalue weighted by molar-refractivity contribution is 5.94. The predicted molar refractivity (Wildman–Crippen MR) is 67.9 cm³/mol. The van der Waals surface area contributed by atoms with Gasteiger partial charge in [0.25, 0.3) is 5.91 Å². The van der Waals surface area contributed by atoms with Gasteiger partial charge in [-0.1, -0.05) is 25.7 Å². The molecular formula is C14H20N2O. The molecule has 0 spiro atoms. The second kappa shape index (κ2) is 5.80. The van der Waals surface area contributed by atoms with Crippen LogP contribution in [0.3, 0.4) is 0 Å². The molecule has 1 saturated carbocycles. The van der Waals surface area contributed by atoms with Gasteiger partial charge < -0.3 is 5.32 Å². The molecule has 1 fully saturated rings. The lowest BCUT2D eigenvalue weighted by atomic mass is 10.1. The van der Waals surface area contributed by atoms with Crippen LogP contribution in [0.1, 0.15) is 54.6 Å². The number of aryl methyl sites for hydroxylation is 1. The summed E-state index contributed by atoms with van der Waals surface area (Å²) in [6.07, 6.45) is 9.02. The molecule has 1 aliphatic carbocycles. The Hall–Kier alpha value is -1.38. The van der Waals surface area contributed by atoms with Gasteiger partial charge in [0.05, 0.1) is 0 Å². The smallest absolute Gasteiger partial charge is 0.251 e. The number of carbonyl (C=O) groups is 1. The van der Waals surface area contributed by atoms with Crippen molar-refractivity contribution in [2.45, 2.75) is 51.5 Å². The van der Waals surface area contributed by atoms with E-state index in [1.54, 1.807) is 12.3 Å². The van der Waals surface area contributed by atoms with Gasteiger partial charge in [0.2, 0.25) is 0 Å². The number of aromatic nitrogens is 1. The van der Waals surface area contributed by atoms with E-state index in [2.05, 4.69) is 10.3 Å². The first-order chi connectivity index (χ1) is 8.25. The van der Waals surface area contributed by atoms with Crippen LogP contribution in [0.4, 0.5) is 0 Å². The van der Waals surface area contributed by atoms with Crippen LogP contribution < -0.4 is 5.32 Å². The van der Waals surface area contributed by atoms with E-state index in [9.17, 15) is 4.79 Å². The highest BCUT2D eigenvalue weighted by atomic mass is 16.1. The highest BCUT2D eigenvalue weighted by Crippen LogP contribution is 2.17. The van der Waals surface area contributed by atoms with Gasteiger partial charge in [-0.2, -0.15) is 0 Å². The number of amides is 1. The summed E-state index contributed by atoms with van der Waals surface area (Å²) in [5.74, 6) is 0.0439. The SMILES string of the molecule is Cc1cc(C(=O)NC2CCCCCC2)ccn1. The Kier molecular flexibility index (Phi) is 4.13. The van der Waals surface area contributed by atoms with Crippen molar-refractivity contribution in [3.05, 3.63) is 29.6 Å². The summed E-state index contributed by atoms with van der Waals surface area (Å²) in [7, 11) is 0. The molecule has 1 amide bonds. The number of carbonyl (C=O) groups excluding carboxylic acids is 1. The Labute approximate surface area is 103 Å². The molecule has 3 heteroatoms. The van der Waals surface area contributed by atoms with E-state index in [1.807, 2.05) is 13.0 Å². The van der Waals surface area contributed by atoms with E-state index in [0.717, 1.165) is 24.1 Å². The van der Waals surface area contributed by atoms with Crippen LogP contribution in [0.25, 0.3) is 0 Å². The predicted octanol–water partition coefficient (Wildman–Crippen LogP) is 2.84. The minimum Gasteiger partial charge on any atom is -0.349 e. The van der Waals surface area contributed by atoms with Gasteiger partial charge in [-0.05, 0) is 31.9 Å². The van der Waals surface area contributed by atoms with Gasteiger partial charge >= 0.3 is 0 Å². The molecule has 1 N–H and O–H groups in total. The number of nitrogens with zero attached hydrogens (tertiary/aromatic N) is 1. The Bertz CT molecular complexity index is 382. The summed E-state index contributed by atoms with van der Waals surface area (Å²) < 4.78 is 0. The zero-order valence-electron chi connectivity index (χ0n) is 10.4. The normalized spacial score (nSPS) is 17.5. The molecule has 0 radical (unpaired) electrons. The first-order valence-corrected chi connectivity index (χ1v) is 6.49. The topological polar surface area (TPSA) is 42.0 Å². The molecule has 17 heavy (non-hydrogen) atoms. The van der Waals surface area contributed by atoms with Crippen LogP contribution in [0.2, 0.25) is 0 Å². The van der Waals surface area contributed by atoms with Crippen molar-refractivity contribution in [1.29, 1.82) is 0 Å². The fraction of sp³-hybridized carbons (Fsp3) is 0.571. The molecule has 3 nitrogen and oxygen atoms in total. The molecule has 0 aliphatic heterocycles. The average molecular weight is 232 g/mol. The first kappa shape index (κ1) is 12.1. The third-order valence-electron chi connectivity index (χ3n) is 3.35. The quantitative estimate of drug-likeness (QED) is 0.797. The molecule has 2 rings (SSSR count). The largest absolute Gasteiger partial charge is 0.349 e. The Morgan fingerprint density at radius 2 is 2.00 bits per heavy atom.